The predicted octanol–water partition coefficient (Wildman–Crippen LogP) is 1.39. The Hall–Kier alpha value is -2.35. The Labute approximate surface area is 121 Å². The first-order chi connectivity index (χ1) is 10.0. The number of nitrogens with two attached hydrogens (primary N) is 1. The van der Waals surface area contributed by atoms with Crippen LogP contribution in [0.4, 0.5) is 5.69 Å². The molecule has 0 aliphatic heterocycles. The number of nitro benzene ring substituents is 1. The zero-order chi connectivity index (χ0) is 15.8. The monoisotopic (exact) mass is 298 g/mol. The van der Waals surface area contributed by atoms with Crippen molar-refractivity contribution in [1.82, 2.24) is 0 Å². The Morgan fingerprint density at radius 3 is 2.43 bits per heavy atom. The summed E-state index contributed by atoms with van der Waals surface area (Å²) in [6.07, 6.45) is 0.685. The molecule has 0 saturated carbocycles. The van der Waals surface area contributed by atoms with Crippen LogP contribution in [0, 0.1) is 10.1 Å². The van der Waals surface area contributed by atoms with Gasteiger partial charge in [0.2, 0.25) is 0 Å². The number of methoxy groups -OCH3 is 2. The fourth-order valence-corrected chi connectivity index (χ4v) is 1.67. The molecule has 0 heterocycles. The van der Waals surface area contributed by atoms with Gasteiger partial charge in [0.15, 0.2) is 11.5 Å². The van der Waals surface area contributed by atoms with Crippen LogP contribution in [0.2, 0.25) is 0 Å². The highest BCUT2D eigenvalue weighted by Crippen LogP contribution is 2.34. The number of benzene rings is 1. The molecular weight excluding hydrogens is 280 g/mol. The maximum atomic E-state index is 11.4. The van der Waals surface area contributed by atoms with E-state index in [0.717, 1.165) is 0 Å². The van der Waals surface area contributed by atoms with Gasteiger partial charge < -0.3 is 19.9 Å². The predicted molar refractivity (Wildman–Crippen MR) is 74.3 cm³/mol. The lowest BCUT2D eigenvalue weighted by Gasteiger charge is -2.11. The minimum atomic E-state index is -0.564. The van der Waals surface area contributed by atoms with Gasteiger partial charge in [0.25, 0.3) is 5.69 Å². The Bertz CT molecular complexity index is 518. The third-order valence-corrected chi connectivity index (χ3v) is 2.76. The maximum Gasteiger partial charge on any atom is 0.306 e. The van der Waals surface area contributed by atoms with E-state index in [1.54, 1.807) is 0 Å². The highest BCUT2D eigenvalue weighted by atomic mass is 16.6. The van der Waals surface area contributed by atoms with Crippen molar-refractivity contribution in [3.05, 3.63) is 27.8 Å². The number of ether oxygens (including phenoxy) is 3. The summed E-state index contributed by atoms with van der Waals surface area (Å²) in [7, 11) is 2.80. The molecule has 0 aliphatic carbocycles. The summed E-state index contributed by atoms with van der Waals surface area (Å²) in [6.45, 7) is 0.172. The van der Waals surface area contributed by atoms with Crippen LogP contribution in [0.25, 0.3) is 0 Å². The molecule has 0 atom stereocenters. The van der Waals surface area contributed by atoms with E-state index in [-0.39, 0.29) is 30.0 Å². The standard InChI is InChI=1S/C13H18N2O6/c1-19-11-6-9(8-21-13(16)4-3-5-14)10(15(17)18)7-12(11)20-2/h6-7H,3-5,8,14H2,1-2H3. The van der Waals surface area contributed by atoms with Crippen molar-refractivity contribution < 1.29 is 23.9 Å². The molecular formula is C13H18N2O6. The highest BCUT2D eigenvalue weighted by Gasteiger charge is 2.20. The molecule has 0 saturated heterocycles. The largest absolute Gasteiger partial charge is 0.493 e. The zero-order valence-corrected chi connectivity index (χ0v) is 12.0. The van der Waals surface area contributed by atoms with Crippen LogP contribution in [-0.4, -0.2) is 31.7 Å². The number of esters is 1. The first-order valence-corrected chi connectivity index (χ1v) is 6.28. The normalized spacial score (nSPS) is 10.0. The molecule has 1 rings (SSSR count). The molecule has 0 amide bonds. The SMILES string of the molecule is COc1cc(COC(=O)CCCN)c([N+](=O)[O-])cc1OC. The summed E-state index contributed by atoms with van der Waals surface area (Å²) in [6, 6.07) is 2.66. The fourth-order valence-electron chi connectivity index (χ4n) is 1.67. The number of hydrogen-bond donors (Lipinski definition) is 1. The lowest BCUT2D eigenvalue weighted by molar-refractivity contribution is -0.385. The Balaban J connectivity index is 2.93. The third-order valence-electron chi connectivity index (χ3n) is 2.76. The fraction of sp³-hybridized carbons (Fsp3) is 0.462. The van der Waals surface area contributed by atoms with Crippen LogP contribution in [0.15, 0.2) is 12.1 Å². The minimum Gasteiger partial charge on any atom is -0.493 e. The van der Waals surface area contributed by atoms with E-state index in [4.69, 9.17) is 19.9 Å². The summed E-state index contributed by atoms with van der Waals surface area (Å²) in [5.41, 5.74) is 5.33. The second kappa shape index (κ2) is 8.05. The number of rotatable bonds is 8. The van der Waals surface area contributed by atoms with Crippen molar-refractivity contribution >= 4 is 11.7 Å². The van der Waals surface area contributed by atoms with Gasteiger partial charge in [-0.25, -0.2) is 0 Å². The van der Waals surface area contributed by atoms with Gasteiger partial charge in [-0.2, -0.15) is 0 Å². The molecule has 0 aromatic heterocycles. The molecule has 0 unspecified atom stereocenters. The summed E-state index contributed by atoms with van der Waals surface area (Å²) < 4.78 is 15.1. The maximum absolute atomic E-state index is 11.4. The average Bonchev–Trinajstić information content (AvgIpc) is 2.49. The van der Waals surface area contributed by atoms with E-state index >= 15 is 0 Å². The molecule has 8 heteroatoms. The quantitative estimate of drug-likeness (QED) is 0.438. The van der Waals surface area contributed by atoms with Gasteiger partial charge in [0, 0.05) is 6.42 Å². The van der Waals surface area contributed by atoms with E-state index in [9.17, 15) is 14.9 Å². The van der Waals surface area contributed by atoms with E-state index < -0.39 is 10.9 Å². The smallest absolute Gasteiger partial charge is 0.306 e. The second-order valence-corrected chi connectivity index (χ2v) is 4.15. The zero-order valence-electron chi connectivity index (χ0n) is 12.0. The molecule has 0 bridgehead atoms. The van der Waals surface area contributed by atoms with Gasteiger partial charge in [0.05, 0.1) is 30.8 Å². The van der Waals surface area contributed by atoms with Crippen LogP contribution >= 0.6 is 0 Å². The lowest BCUT2D eigenvalue weighted by Crippen LogP contribution is -2.09. The van der Waals surface area contributed by atoms with Crippen molar-refractivity contribution in [2.24, 2.45) is 5.73 Å². The number of nitro groups is 1. The van der Waals surface area contributed by atoms with Gasteiger partial charge in [-0.05, 0) is 19.0 Å². The summed E-state index contributed by atoms with van der Waals surface area (Å²) in [5, 5.41) is 11.1. The van der Waals surface area contributed by atoms with Crippen molar-refractivity contribution in [3.63, 3.8) is 0 Å². The van der Waals surface area contributed by atoms with E-state index in [1.807, 2.05) is 0 Å². The molecule has 0 radical (unpaired) electrons. The molecule has 8 nitrogen and oxygen atoms in total. The van der Waals surface area contributed by atoms with Crippen LogP contribution in [0.3, 0.4) is 0 Å². The number of nitrogens with zero attached hydrogens (tertiary/aromatic N) is 1. The van der Waals surface area contributed by atoms with Crippen LogP contribution in [0.5, 0.6) is 11.5 Å². The third kappa shape index (κ3) is 4.60. The number of hydrogen-bond acceptors (Lipinski definition) is 7. The molecule has 0 spiro atoms. The van der Waals surface area contributed by atoms with E-state index in [0.29, 0.717) is 18.7 Å². The average molecular weight is 298 g/mol. The first kappa shape index (κ1) is 16.7. The highest BCUT2D eigenvalue weighted by molar-refractivity contribution is 5.69. The van der Waals surface area contributed by atoms with Gasteiger partial charge in [-0.3, -0.25) is 14.9 Å². The molecule has 116 valence electrons. The Morgan fingerprint density at radius 2 is 1.90 bits per heavy atom. The van der Waals surface area contributed by atoms with Crippen molar-refractivity contribution in [1.29, 1.82) is 0 Å². The van der Waals surface area contributed by atoms with Crippen molar-refractivity contribution in [3.8, 4) is 11.5 Å². The van der Waals surface area contributed by atoms with Crippen LogP contribution in [-0.2, 0) is 16.1 Å². The number of carbonyl (C=O) groups is 1. The van der Waals surface area contributed by atoms with Gasteiger partial charge in [-0.1, -0.05) is 0 Å². The number of carbonyl (C=O) groups excluding carboxylic acids is 1. The van der Waals surface area contributed by atoms with Gasteiger partial charge >= 0.3 is 5.97 Å². The lowest BCUT2D eigenvalue weighted by atomic mass is 10.1. The summed E-state index contributed by atoms with van der Waals surface area (Å²) >= 11 is 0. The molecule has 1 aromatic rings. The van der Waals surface area contributed by atoms with Gasteiger partial charge in [0.1, 0.15) is 6.61 Å². The molecule has 0 fully saturated rings. The Kier molecular flexibility index (Phi) is 6.41. The summed E-state index contributed by atoms with van der Waals surface area (Å²) in [4.78, 5) is 21.9. The molecule has 1 aromatic carbocycles. The Morgan fingerprint density at radius 1 is 1.29 bits per heavy atom. The van der Waals surface area contributed by atoms with Gasteiger partial charge in [-0.15, -0.1) is 0 Å². The van der Waals surface area contributed by atoms with Crippen molar-refractivity contribution in [2.75, 3.05) is 20.8 Å². The first-order valence-electron chi connectivity index (χ1n) is 6.28. The molecule has 2 N–H and O–H groups in total. The summed E-state index contributed by atoms with van der Waals surface area (Å²) in [5.74, 6) is 0.114. The van der Waals surface area contributed by atoms with Crippen LogP contribution in [0.1, 0.15) is 18.4 Å². The van der Waals surface area contributed by atoms with E-state index in [1.165, 1.54) is 26.4 Å². The topological polar surface area (TPSA) is 114 Å². The molecule has 21 heavy (non-hydrogen) atoms. The minimum absolute atomic E-state index is 0.178. The van der Waals surface area contributed by atoms with E-state index in [2.05, 4.69) is 0 Å². The molecule has 0 aliphatic rings. The van der Waals surface area contributed by atoms with Crippen LogP contribution < -0.4 is 15.2 Å². The second-order valence-electron chi connectivity index (χ2n) is 4.15. The van der Waals surface area contributed by atoms with Crippen molar-refractivity contribution in [2.45, 2.75) is 19.4 Å².